The SMILES string of the molecule is CS(=O)(=O)[C@@H]1[C@H](c2ccc(F)cc2)[C@@]1(N)CO. The highest BCUT2D eigenvalue weighted by Gasteiger charge is 2.67. The van der Waals surface area contributed by atoms with Gasteiger partial charge in [0.2, 0.25) is 0 Å². The van der Waals surface area contributed by atoms with Crippen LogP contribution < -0.4 is 5.73 Å². The van der Waals surface area contributed by atoms with Gasteiger partial charge in [0.15, 0.2) is 9.84 Å². The second-order valence-corrected chi connectivity index (χ2v) is 6.72. The number of sulfone groups is 1. The lowest BCUT2D eigenvalue weighted by molar-refractivity contribution is 0.253. The van der Waals surface area contributed by atoms with Gasteiger partial charge in [-0.3, -0.25) is 0 Å². The molecule has 3 N–H and O–H groups in total. The molecule has 0 aromatic heterocycles. The lowest BCUT2D eigenvalue weighted by Gasteiger charge is -2.06. The molecule has 1 fully saturated rings. The van der Waals surface area contributed by atoms with Crippen LogP contribution in [0.25, 0.3) is 0 Å². The maximum atomic E-state index is 12.8. The van der Waals surface area contributed by atoms with E-state index in [1.807, 2.05) is 0 Å². The lowest BCUT2D eigenvalue weighted by atomic mass is 10.1. The molecule has 3 atom stereocenters. The quantitative estimate of drug-likeness (QED) is 0.802. The molecule has 4 nitrogen and oxygen atoms in total. The first-order chi connectivity index (χ1) is 7.80. The third-order valence-electron chi connectivity index (χ3n) is 3.27. The molecule has 0 amide bonds. The summed E-state index contributed by atoms with van der Waals surface area (Å²) in [6.45, 7) is -0.410. The lowest BCUT2D eigenvalue weighted by Crippen LogP contribution is -2.34. The predicted octanol–water partition coefficient (Wildman–Crippen LogP) is 0.0259. The van der Waals surface area contributed by atoms with Gasteiger partial charge in [-0.2, -0.15) is 0 Å². The van der Waals surface area contributed by atoms with Gasteiger partial charge in [0.1, 0.15) is 5.82 Å². The Bertz CT molecular complexity index is 528. The van der Waals surface area contributed by atoms with Gasteiger partial charge in [-0.25, -0.2) is 12.8 Å². The first-order valence-corrected chi connectivity index (χ1v) is 7.10. The molecule has 94 valence electrons. The zero-order valence-electron chi connectivity index (χ0n) is 9.30. The molecule has 0 bridgehead atoms. The summed E-state index contributed by atoms with van der Waals surface area (Å²) >= 11 is 0. The molecule has 0 unspecified atom stereocenters. The van der Waals surface area contributed by atoms with Crippen LogP contribution in [0.1, 0.15) is 11.5 Å². The fraction of sp³-hybridized carbons (Fsp3) is 0.455. The van der Waals surface area contributed by atoms with Gasteiger partial charge in [-0.05, 0) is 17.7 Å². The van der Waals surface area contributed by atoms with Gasteiger partial charge < -0.3 is 10.8 Å². The van der Waals surface area contributed by atoms with E-state index in [-0.39, 0.29) is 0 Å². The molecule has 1 saturated carbocycles. The molecule has 2 rings (SSSR count). The number of halogens is 1. The molecule has 1 aliphatic rings. The Morgan fingerprint density at radius 3 is 2.29 bits per heavy atom. The van der Waals surface area contributed by atoms with E-state index >= 15 is 0 Å². The molecular formula is C11H14FNO3S. The standard InChI is InChI=1S/C11H14FNO3S/c1-17(15,16)10-9(11(10,13)6-14)7-2-4-8(12)5-3-7/h2-5,9-10,14H,6,13H2,1H3/t9-,10+,11-/m0/s1. The van der Waals surface area contributed by atoms with Gasteiger partial charge in [-0.15, -0.1) is 0 Å². The van der Waals surface area contributed by atoms with Gasteiger partial charge in [0, 0.05) is 12.2 Å². The van der Waals surface area contributed by atoms with Gasteiger partial charge in [-0.1, -0.05) is 12.1 Å². The van der Waals surface area contributed by atoms with Crippen molar-refractivity contribution in [2.75, 3.05) is 12.9 Å². The third-order valence-corrected chi connectivity index (χ3v) is 4.90. The Morgan fingerprint density at radius 2 is 1.94 bits per heavy atom. The highest BCUT2D eigenvalue weighted by atomic mass is 32.2. The molecule has 1 aromatic carbocycles. The number of benzene rings is 1. The fourth-order valence-corrected chi connectivity index (χ4v) is 4.26. The number of rotatable bonds is 3. The number of aliphatic hydroxyl groups excluding tert-OH is 1. The van der Waals surface area contributed by atoms with Crippen molar-refractivity contribution in [2.24, 2.45) is 5.73 Å². The number of hydrogen-bond acceptors (Lipinski definition) is 4. The van der Waals surface area contributed by atoms with Crippen LogP contribution in [0.3, 0.4) is 0 Å². The summed E-state index contributed by atoms with van der Waals surface area (Å²) in [6.07, 6.45) is 1.10. The Morgan fingerprint density at radius 1 is 1.41 bits per heavy atom. The van der Waals surface area contributed by atoms with Crippen LogP contribution in [0.15, 0.2) is 24.3 Å². The van der Waals surface area contributed by atoms with Crippen molar-refractivity contribution in [3.8, 4) is 0 Å². The van der Waals surface area contributed by atoms with E-state index in [0.29, 0.717) is 5.56 Å². The van der Waals surface area contributed by atoms with Crippen LogP contribution in [-0.4, -0.2) is 37.2 Å². The summed E-state index contributed by atoms with van der Waals surface area (Å²) in [5.74, 6) is -0.861. The van der Waals surface area contributed by atoms with E-state index in [1.54, 1.807) is 0 Å². The monoisotopic (exact) mass is 259 g/mol. The number of aliphatic hydroxyl groups is 1. The Hall–Kier alpha value is -0.980. The summed E-state index contributed by atoms with van der Waals surface area (Å²) in [7, 11) is -3.34. The predicted molar refractivity (Wildman–Crippen MR) is 61.8 cm³/mol. The van der Waals surface area contributed by atoms with Crippen molar-refractivity contribution in [2.45, 2.75) is 16.7 Å². The number of nitrogens with two attached hydrogens (primary N) is 1. The van der Waals surface area contributed by atoms with Crippen LogP contribution in [0, 0.1) is 5.82 Å². The van der Waals surface area contributed by atoms with Crippen LogP contribution in [-0.2, 0) is 9.84 Å². The molecule has 17 heavy (non-hydrogen) atoms. The van der Waals surface area contributed by atoms with Gasteiger partial charge >= 0.3 is 0 Å². The van der Waals surface area contributed by atoms with Crippen LogP contribution in [0.4, 0.5) is 4.39 Å². The minimum Gasteiger partial charge on any atom is -0.394 e. The smallest absolute Gasteiger partial charge is 0.152 e. The fourth-order valence-electron chi connectivity index (χ4n) is 2.41. The highest BCUT2D eigenvalue weighted by Crippen LogP contribution is 2.53. The average Bonchev–Trinajstić information content (AvgIpc) is 2.87. The maximum Gasteiger partial charge on any atom is 0.152 e. The average molecular weight is 259 g/mol. The Balaban J connectivity index is 2.37. The largest absolute Gasteiger partial charge is 0.394 e. The van der Waals surface area contributed by atoms with Crippen molar-refractivity contribution in [1.29, 1.82) is 0 Å². The van der Waals surface area contributed by atoms with Crippen LogP contribution in [0.5, 0.6) is 0 Å². The molecule has 0 radical (unpaired) electrons. The summed E-state index contributed by atoms with van der Waals surface area (Å²) in [5.41, 5.74) is 5.36. The topological polar surface area (TPSA) is 80.4 Å². The van der Waals surface area contributed by atoms with E-state index in [0.717, 1.165) is 6.26 Å². The van der Waals surface area contributed by atoms with Crippen molar-refractivity contribution >= 4 is 9.84 Å². The van der Waals surface area contributed by atoms with E-state index < -0.39 is 39.0 Å². The van der Waals surface area contributed by atoms with E-state index in [2.05, 4.69) is 0 Å². The van der Waals surface area contributed by atoms with Gasteiger partial charge in [0.05, 0.1) is 17.4 Å². The van der Waals surface area contributed by atoms with Crippen molar-refractivity contribution in [3.63, 3.8) is 0 Å². The minimum atomic E-state index is -3.34. The summed E-state index contributed by atoms with van der Waals surface area (Å²) < 4.78 is 35.9. The van der Waals surface area contributed by atoms with E-state index in [9.17, 15) is 17.9 Å². The third kappa shape index (κ3) is 1.96. The summed E-state index contributed by atoms with van der Waals surface area (Å²) in [6, 6.07) is 5.51. The maximum absolute atomic E-state index is 12.8. The molecule has 1 aromatic rings. The van der Waals surface area contributed by atoms with Crippen LogP contribution in [0.2, 0.25) is 0 Å². The first-order valence-electron chi connectivity index (χ1n) is 5.15. The van der Waals surface area contributed by atoms with Crippen molar-refractivity contribution < 1.29 is 17.9 Å². The molecule has 0 aliphatic heterocycles. The number of hydrogen-bond donors (Lipinski definition) is 2. The summed E-state index contributed by atoms with van der Waals surface area (Å²) in [5, 5.41) is 8.42. The minimum absolute atomic E-state index is 0.392. The second kappa shape index (κ2) is 3.76. The van der Waals surface area contributed by atoms with E-state index in [4.69, 9.17) is 5.73 Å². The normalized spacial score (nSPS) is 32.5. The second-order valence-electron chi connectivity index (χ2n) is 4.55. The zero-order valence-corrected chi connectivity index (χ0v) is 10.1. The van der Waals surface area contributed by atoms with Crippen LogP contribution >= 0.6 is 0 Å². The molecular weight excluding hydrogens is 245 g/mol. The first kappa shape index (κ1) is 12.5. The van der Waals surface area contributed by atoms with Crippen molar-refractivity contribution in [3.05, 3.63) is 35.6 Å². The molecule has 0 saturated heterocycles. The van der Waals surface area contributed by atoms with Gasteiger partial charge in [0.25, 0.3) is 0 Å². The zero-order chi connectivity index (χ0) is 12.8. The Labute approximate surface area is 99.2 Å². The molecule has 0 heterocycles. The molecule has 1 aliphatic carbocycles. The van der Waals surface area contributed by atoms with Crippen molar-refractivity contribution in [1.82, 2.24) is 0 Å². The Kier molecular flexibility index (Phi) is 2.76. The molecule has 0 spiro atoms. The highest BCUT2D eigenvalue weighted by molar-refractivity contribution is 7.91. The van der Waals surface area contributed by atoms with E-state index in [1.165, 1.54) is 24.3 Å². The summed E-state index contributed by atoms with van der Waals surface area (Å²) in [4.78, 5) is 0. The molecule has 6 heteroatoms.